The Labute approximate surface area is 150 Å². The maximum atomic E-state index is 11.5. The maximum Gasteiger partial charge on any atom is 0.335 e. The summed E-state index contributed by atoms with van der Waals surface area (Å²) in [5.41, 5.74) is 1.05. The van der Waals surface area contributed by atoms with E-state index >= 15 is 0 Å². The standard InChI is InChI=1S/C19H21NO4S/c21-19(22)15-6-14(18-20-9-17(25-18)13-2-1-3-13)7-16(8-15)24-11-12-4-5-23-10-12/h6-9,12-13H,1-5,10-11H2,(H,21,22)/t12-/m0/s1. The highest BCUT2D eigenvalue weighted by molar-refractivity contribution is 7.15. The van der Waals surface area contributed by atoms with E-state index in [1.54, 1.807) is 23.5 Å². The molecule has 6 heteroatoms. The number of nitrogens with zero attached hydrogens (tertiary/aromatic N) is 1. The number of carboxylic acid groups (broad SMARTS) is 1. The summed E-state index contributed by atoms with van der Waals surface area (Å²) in [4.78, 5) is 17.3. The van der Waals surface area contributed by atoms with Crippen LogP contribution in [0.1, 0.15) is 46.8 Å². The van der Waals surface area contributed by atoms with Crippen LogP contribution >= 0.6 is 11.3 Å². The molecule has 0 unspecified atom stereocenters. The van der Waals surface area contributed by atoms with E-state index in [4.69, 9.17) is 9.47 Å². The second-order valence-electron chi connectivity index (χ2n) is 6.79. The molecule has 1 aromatic carbocycles. The third-order valence-corrected chi connectivity index (χ3v) is 6.15. The zero-order chi connectivity index (χ0) is 17.2. The summed E-state index contributed by atoms with van der Waals surface area (Å²) in [6.45, 7) is 2.04. The number of carbonyl (C=O) groups is 1. The number of rotatable bonds is 6. The minimum atomic E-state index is -0.952. The van der Waals surface area contributed by atoms with Crippen molar-refractivity contribution in [3.63, 3.8) is 0 Å². The molecule has 1 aromatic heterocycles. The summed E-state index contributed by atoms with van der Waals surface area (Å²) in [5, 5.41) is 10.3. The van der Waals surface area contributed by atoms with Gasteiger partial charge in [0.05, 0.1) is 18.8 Å². The Bertz CT molecular complexity index is 763. The molecule has 5 nitrogen and oxygen atoms in total. The van der Waals surface area contributed by atoms with Crippen LogP contribution in [0.25, 0.3) is 10.6 Å². The van der Waals surface area contributed by atoms with Crippen LogP contribution in [0.4, 0.5) is 0 Å². The monoisotopic (exact) mass is 359 g/mol. The number of benzene rings is 1. The normalized spacial score (nSPS) is 20.4. The molecule has 1 aliphatic heterocycles. The number of thiazole rings is 1. The van der Waals surface area contributed by atoms with Crippen molar-refractivity contribution in [1.82, 2.24) is 4.98 Å². The van der Waals surface area contributed by atoms with Gasteiger partial charge in [-0.15, -0.1) is 11.3 Å². The smallest absolute Gasteiger partial charge is 0.335 e. The van der Waals surface area contributed by atoms with Crippen molar-refractivity contribution in [3.8, 4) is 16.3 Å². The summed E-state index contributed by atoms with van der Waals surface area (Å²) >= 11 is 1.66. The molecule has 0 spiro atoms. The first-order chi connectivity index (χ1) is 12.2. The molecule has 1 atom stereocenters. The van der Waals surface area contributed by atoms with Gasteiger partial charge in [0.15, 0.2) is 0 Å². The molecule has 1 aliphatic carbocycles. The van der Waals surface area contributed by atoms with E-state index in [0.717, 1.165) is 23.6 Å². The van der Waals surface area contributed by atoms with E-state index in [1.807, 2.05) is 12.3 Å². The molecular weight excluding hydrogens is 338 g/mol. The number of carboxylic acids is 1. The predicted octanol–water partition coefficient (Wildman–Crippen LogP) is 4.19. The number of hydrogen-bond donors (Lipinski definition) is 1. The average Bonchev–Trinajstić information content (AvgIpc) is 3.23. The van der Waals surface area contributed by atoms with E-state index in [9.17, 15) is 9.90 Å². The molecule has 4 rings (SSSR count). The topological polar surface area (TPSA) is 68.7 Å². The molecule has 1 saturated carbocycles. The molecule has 0 bridgehead atoms. The largest absolute Gasteiger partial charge is 0.493 e. The van der Waals surface area contributed by atoms with Gasteiger partial charge in [0.1, 0.15) is 10.8 Å². The molecule has 0 amide bonds. The molecule has 1 N–H and O–H groups in total. The summed E-state index contributed by atoms with van der Waals surface area (Å²) in [7, 11) is 0. The number of ether oxygens (including phenoxy) is 2. The minimum absolute atomic E-state index is 0.232. The fourth-order valence-electron chi connectivity index (χ4n) is 3.16. The number of hydrogen-bond acceptors (Lipinski definition) is 5. The summed E-state index contributed by atoms with van der Waals surface area (Å²) < 4.78 is 11.2. The van der Waals surface area contributed by atoms with E-state index in [-0.39, 0.29) is 5.56 Å². The van der Waals surface area contributed by atoms with Crippen molar-refractivity contribution >= 4 is 17.3 Å². The van der Waals surface area contributed by atoms with Crippen LogP contribution in [0.15, 0.2) is 24.4 Å². The van der Waals surface area contributed by atoms with Crippen LogP contribution in [0, 0.1) is 5.92 Å². The zero-order valence-electron chi connectivity index (χ0n) is 13.9. The van der Waals surface area contributed by atoms with Gasteiger partial charge in [-0.3, -0.25) is 0 Å². The van der Waals surface area contributed by atoms with Gasteiger partial charge in [0, 0.05) is 29.2 Å². The van der Waals surface area contributed by atoms with Gasteiger partial charge in [-0.1, -0.05) is 6.42 Å². The Hall–Kier alpha value is -1.92. The first kappa shape index (κ1) is 16.5. The highest BCUT2D eigenvalue weighted by Gasteiger charge is 2.22. The lowest BCUT2D eigenvalue weighted by Gasteiger charge is -2.23. The second-order valence-corrected chi connectivity index (χ2v) is 7.85. The second kappa shape index (κ2) is 7.14. The first-order valence-corrected chi connectivity index (χ1v) is 9.56. The number of aromatic nitrogens is 1. The summed E-state index contributed by atoms with van der Waals surface area (Å²) in [6, 6.07) is 5.16. The number of aromatic carboxylic acids is 1. The lowest BCUT2D eigenvalue weighted by Crippen LogP contribution is -2.12. The quantitative estimate of drug-likeness (QED) is 0.837. The van der Waals surface area contributed by atoms with Gasteiger partial charge in [0.2, 0.25) is 0 Å². The minimum Gasteiger partial charge on any atom is -0.493 e. The van der Waals surface area contributed by atoms with Crippen molar-refractivity contribution in [1.29, 1.82) is 0 Å². The highest BCUT2D eigenvalue weighted by Crippen LogP contribution is 2.41. The van der Waals surface area contributed by atoms with Gasteiger partial charge >= 0.3 is 5.97 Å². The molecule has 25 heavy (non-hydrogen) atoms. The fourth-order valence-corrected chi connectivity index (χ4v) is 4.23. The average molecular weight is 359 g/mol. The highest BCUT2D eigenvalue weighted by atomic mass is 32.1. The fraction of sp³-hybridized carbons (Fsp3) is 0.474. The van der Waals surface area contributed by atoms with Crippen molar-refractivity contribution < 1.29 is 19.4 Å². The molecule has 2 fully saturated rings. The van der Waals surface area contributed by atoms with Gasteiger partial charge in [-0.2, -0.15) is 0 Å². The summed E-state index contributed by atoms with van der Waals surface area (Å²) in [5.74, 6) is 0.642. The third-order valence-electron chi connectivity index (χ3n) is 4.94. The Morgan fingerprint density at radius 3 is 2.88 bits per heavy atom. The molecule has 132 valence electrons. The lowest BCUT2D eigenvalue weighted by atomic mass is 9.85. The van der Waals surface area contributed by atoms with Crippen LogP contribution in [0.5, 0.6) is 5.75 Å². The third kappa shape index (κ3) is 3.70. The van der Waals surface area contributed by atoms with Crippen LogP contribution in [0.2, 0.25) is 0 Å². The van der Waals surface area contributed by atoms with Gasteiger partial charge in [0.25, 0.3) is 0 Å². The maximum absolute atomic E-state index is 11.5. The molecule has 2 aromatic rings. The zero-order valence-corrected chi connectivity index (χ0v) is 14.8. The van der Waals surface area contributed by atoms with Crippen molar-refractivity contribution in [3.05, 3.63) is 34.8 Å². The molecular formula is C19H21NO4S. The van der Waals surface area contributed by atoms with Crippen molar-refractivity contribution in [2.24, 2.45) is 5.92 Å². The SMILES string of the molecule is O=C(O)c1cc(OC[C@H]2CCOC2)cc(-c2ncc(C3CCC3)s2)c1. The van der Waals surface area contributed by atoms with E-state index in [0.29, 0.717) is 30.8 Å². The van der Waals surface area contributed by atoms with Crippen molar-refractivity contribution in [2.75, 3.05) is 19.8 Å². The summed E-state index contributed by atoms with van der Waals surface area (Å²) in [6.07, 6.45) is 6.68. The lowest BCUT2D eigenvalue weighted by molar-refractivity contribution is 0.0696. The van der Waals surface area contributed by atoms with E-state index in [2.05, 4.69) is 4.98 Å². The van der Waals surface area contributed by atoms with E-state index < -0.39 is 5.97 Å². The van der Waals surface area contributed by atoms with Crippen LogP contribution in [-0.2, 0) is 4.74 Å². The van der Waals surface area contributed by atoms with E-state index in [1.165, 1.54) is 24.1 Å². The Balaban J connectivity index is 1.57. The van der Waals surface area contributed by atoms with Gasteiger partial charge in [-0.05, 0) is 43.4 Å². The van der Waals surface area contributed by atoms with Gasteiger partial charge in [-0.25, -0.2) is 9.78 Å². The Kier molecular flexibility index (Phi) is 4.72. The molecule has 2 heterocycles. The van der Waals surface area contributed by atoms with Crippen LogP contribution in [0.3, 0.4) is 0 Å². The molecule has 1 saturated heterocycles. The van der Waals surface area contributed by atoms with Crippen LogP contribution in [-0.4, -0.2) is 35.9 Å². The predicted molar refractivity (Wildman–Crippen MR) is 95.5 cm³/mol. The van der Waals surface area contributed by atoms with Crippen molar-refractivity contribution in [2.45, 2.75) is 31.6 Å². The molecule has 2 aliphatic rings. The van der Waals surface area contributed by atoms with Gasteiger partial charge < -0.3 is 14.6 Å². The Morgan fingerprint density at radius 1 is 1.32 bits per heavy atom. The molecule has 0 radical (unpaired) electrons. The first-order valence-electron chi connectivity index (χ1n) is 8.74. The van der Waals surface area contributed by atoms with Crippen LogP contribution < -0.4 is 4.74 Å². The Morgan fingerprint density at radius 2 is 2.20 bits per heavy atom.